The van der Waals surface area contributed by atoms with Crippen LogP contribution in [0.25, 0.3) is 0 Å². The summed E-state index contributed by atoms with van der Waals surface area (Å²) in [7, 11) is -1.38. The highest BCUT2D eigenvalue weighted by Gasteiger charge is 2.24. The second-order valence-electron chi connectivity index (χ2n) is 8.94. The molecule has 0 aliphatic carbocycles. The van der Waals surface area contributed by atoms with Crippen LogP contribution in [0.1, 0.15) is 15.9 Å². The van der Waals surface area contributed by atoms with Gasteiger partial charge in [0.1, 0.15) is 12.6 Å². The number of carboxylic acid groups (broad SMARTS) is 1. The smallest absolute Gasteiger partial charge is 0.408 e. The number of ether oxygens (including phenoxy) is 2. The average molecular weight is 485 g/mol. The van der Waals surface area contributed by atoms with Crippen LogP contribution in [0.3, 0.4) is 0 Å². The van der Waals surface area contributed by atoms with Gasteiger partial charge in [-0.15, -0.1) is 0 Å². The number of carboxylic acids is 1. The molecule has 2 aromatic rings. The molecule has 0 aliphatic rings. The van der Waals surface area contributed by atoms with Gasteiger partial charge in [-0.2, -0.15) is 0 Å². The van der Waals surface area contributed by atoms with E-state index < -0.39 is 32.1 Å². The fourth-order valence-electron chi connectivity index (χ4n) is 2.96. The highest BCUT2D eigenvalue weighted by atomic mass is 28.3. The monoisotopic (exact) mass is 484 g/mol. The molecule has 2 rings (SSSR count). The first-order valence-corrected chi connectivity index (χ1v) is 14.7. The lowest BCUT2D eigenvalue weighted by Gasteiger charge is -2.20. The number of carbonyl (C=O) groups is 3. The van der Waals surface area contributed by atoms with Crippen molar-refractivity contribution < 1.29 is 29.0 Å². The molecule has 0 fully saturated rings. The van der Waals surface area contributed by atoms with Crippen molar-refractivity contribution in [2.45, 2.75) is 38.1 Å². The van der Waals surface area contributed by atoms with Gasteiger partial charge in [-0.1, -0.05) is 56.6 Å². The summed E-state index contributed by atoms with van der Waals surface area (Å²) in [5, 5.41) is 15.0. The third-order valence-electron chi connectivity index (χ3n) is 4.84. The number of anilines is 2. The largest absolute Gasteiger partial charge is 0.478 e. The van der Waals surface area contributed by atoms with E-state index >= 15 is 0 Å². The van der Waals surface area contributed by atoms with E-state index in [-0.39, 0.29) is 18.6 Å². The predicted molar refractivity (Wildman–Crippen MR) is 134 cm³/mol. The van der Waals surface area contributed by atoms with Crippen LogP contribution in [-0.4, -0.2) is 50.5 Å². The lowest BCUT2D eigenvalue weighted by molar-refractivity contribution is -0.145. The van der Waals surface area contributed by atoms with Crippen molar-refractivity contribution in [3.05, 3.63) is 72.3 Å². The van der Waals surface area contributed by atoms with Crippen LogP contribution in [0, 0.1) is 0 Å². The number of hydrogen-bond acceptors (Lipinski definition) is 6. The third kappa shape index (κ3) is 9.11. The fourth-order valence-corrected chi connectivity index (χ4v) is 3.68. The van der Waals surface area contributed by atoms with Crippen LogP contribution in [-0.2, 0) is 20.7 Å². The van der Waals surface area contributed by atoms with Gasteiger partial charge in [0.15, 0.2) is 0 Å². The summed E-state index contributed by atoms with van der Waals surface area (Å²) in [6, 6.07) is 13.7. The Labute approximate surface area is 201 Å². The zero-order chi connectivity index (χ0) is 25.1. The van der Waals surface area contributed by atoms with Gasteiger partial charge in [-0.05, 0) is 35.9 Å². The van der Waals surface area contributed by atoms with E-state index in [4.69, 9.17) is 9.47 Å². The van der Waals surface area contributed by atoms with E-state index in [1.807, 2.05) is 0 Å². The normalized spacial score (nSPS) is 11.7. The molecular formula is C25H32N2O6Si. The number of benzene rings is 2. The summed E-state index contributed by atoms with van der Waals surface area (Å²) in [6.45, 7) is 10.4. The SMILES string of the molecule is C=CCOC(=O)N[C@@H](Cc1ccc(Nc2ccccc2C(=O)O)cc1)C(=O)OCC[Si](C)(C)C. The second kappa shape index (κ2) is 12.6. The molecule has 1 amide bonds. The van der Waals surface area contributed by atoms with Crippen LogP contribution < -0.4 is 10.6 Å². The molecule has 3 N–H and O–H groups in total. The Morgan fingerprint density at radius 1 is 1.06 bits per heavy atom. The molecule has 182 valence electrons. The molecule has 1 atom stereocenters. The summed E-state index contributed by atoms with van der Waals surface area (Å²) in [5.74, 6) is -1.55. The Balaban J connectivity index is 2.09. The van der Waals surface area contributed by atoms with E-state index in [0.29, 0.717) is 18.0 Å². The number of esters is 1. The van der Waals surface area contributed by atoms with E-state index in [1.165, 1.54) is 12.1 Å². The Morgan fingerprint density at radius 2 is 1.74 bits per heavy atom. The number of hydrogen-bond donors (Lipinski definition) is 3. The van der Waals surface area contributed by atoms with E-state index in [0.717, 1.165) is 11.6 Å². The molecule has 0 spiro atoms. The minimum atomic E-state index is -1.38. The minimum absolute atomic E-state index is 0.0292. The van der Waals surface area contributed by atoms with Crippen molar-refractivity contribution in [3.8, 4) is 0 Å². The molecule has 0 aromatic heterocycles. The second-order valence-corrected chi connectivity index (χ2v) is 14.6. The van der Waals surface area contributed by atoms with Crippen molar-refractivity contribution in [1.82, 2.24) is 5.32 Å². The Bertz CT molecular complexity index is 1000. The summed E-state index contributed by atoms with van der Waals surface area (Å²) in [5.41, 5.74) is 2.10. The van der Waals surface area contributed by atoms with Crippen LogP contribution in [0.2, 0.25) is 25.7 Å². The molecule has 2 aromatic carbocycles. The quantitative estimate of drug-likeness (QED) is 0.224. The van der Waals surface area contributed by atoms with Gasteiger partial charge in [0.25, 0.3) is 0 Å². The first kappa shape index (κ1) is 26.7. The molecule has 9 heteroatoms. The summed E-state index contributed by atoms with van der Waals surface area (Å²) < 4.78 is 10.4. The number of aromatic carboxylic acids is 1. The van der Waals surface area contributed by atoms with Gasteiger partial charge in [0, 0.05) is 20.2 Å². The number of nitrogens with one attached hydrogen (secondary N) is 2. The first-order chi connectivity index (χ1) is 16.1. The average Bonchev–Trinajstić information content (AvgIpc) is 2.77. The van der Waals surface area contributed by atoms with Crippen LogP contribution in [0.4, 0.5) is 16.2 Å². The molecule has 0 heterocycles. The Kier molecular flexibility index (Phi) is 9.87. The van der Waals surface area contributed by atoms with Crippen molar-refractivity contribution in [2.75, 3.05) is 18.5 Å². The molecule has 0 aliphatic heterocycles. The zero-order valence-corrected chi connectivity index (χ0v) is 20.8. The van der Waals surface area contributed by atoms with Crippen LogP contribution >= 0.6 is 0 Å². The number of amides is 1. The molecule has 0 radical (unpaired) electrons. The van der Waals surface area contributed by atoms with Crippen molar-refractivity contribution in [1.29, 1.82) is 0 Å². The van der Waals surface area contributed by atoms with Gasteiger partial charge < -0.3 is 25.2 Å². The predicted octanol–water partition coefficient (Wildman–Crippen LogP) is 4.83. The lowest BCUT2D eigenvalue weighted by Crippen LogP contribution is -2.44. The number of alkyl carbamates (subject to hydrolysis) is 1. The maximum absolute atomic E-state index is 12.7. The first-order valence-electron chi connectivity index (χ1n) is 11.0. The molecule has 0 saturated heterocycles. The highest BCUT2D eigenvalue weighted by molar-refractivity contribution is 6.76. The zero-order valence-electron chi connectivity index (χ0n) is 19.8. The molecule has 34 heavy (non-hydrogen) atoms. The number of rotatable bonds is 12. The van der Waals surface area contributed by atoms with Gasteiger partial charge >= 0.3 is 18.0 Å². The minimum Gasteiger partial charge on any atom is -0.478 e. The third-order valence-corrected chi connectivity index (χ3v) is 6.54. The van der Waals surface area contributed by atoms with E-state index in [9.17, 15) is 19.5 Å². The lowest BCUT2D eigenvalue weighted by atomic mass is 10.1. The number of para-hydroxylation sites is 1. The fraction of sp³-hybridized carbons (Fsp3) is 0.320. The van der Waals surface area contributed by atoms with E-state index in [2.05, 4.69) is 36.9 Å². The van der Waals surface area contributed by atoms with Gasteiger partial charge in [0.2, 0.25) is 0 Å². The topological polar surface area (TPSA) is 114 Å². The summed E-state index contributed by atoms with van der Waals surface area (Å²) in [6.07, 6.45) is 0.923. The van der Waals surface area contributed by atoms with Gasteiger partial charge in [-0.3, -0.25) is 0 Å². The molecule has 0 unspecified atom stereocenters. The van der Waals surface area contributed by atoms with Crippen molar-refractivity contribution in [2.24, 2.45) is 0 Å². The van der Waals surface area contributed by atoms with Gasteiger partial charge in [0.05, 0.1) is 17.9 Å². The standard InChI is InChI=1S/C25H32N2O6Si/c1-5-14-33-25(31)27-22(24(30)32-15-16-34(2,3)4)17-18-10-12-19(13-11-18)26-21-9-7-6-8-20(21)23(28)29/h5-13,22,26H,1,14-17H2,2-4H3,(H,27,31)(H,28,29)/t22-/m0/s1. The molecule has 0 saturated carbocycles. The van der Waals surface area contributed by atoms with Crippen LogP contribution in [0.5, 0.6) is 0 Å². The summed E-state index contributed by atoms with van der Waals surface area (Å²) in [4.78, 5) is 36.1. The maximum atomic E-state index is 12.7. The maximum Gasteiger partial charge on any atom is 0.408 e. The number of carbonyl (C=O) groups excluding carboxylic acids is 2. The van der Waals surface area contributed by atoms with Crippen molar-refractivity contribution >= 4 is 37.5 Å². The summed E-state index contributed by atoms with van der Waals surface area (Å²) >= 11 is 0. The Morgan fingerprint density at radius 3 is 2.35 bits per heavy atom. The van der Waals surface area contributed by atoms with E-state index in [1.54, 1.807) is 42.5 Å². The van der Waals surface area contributed by atoms with Crippen LogP contribution in [0.15, 0.2) is 61.2 Å². The van der Waals surface area contributed by atoms with Crippen molar-refractivity contribution in [3.63, 3.8) is 0 Å². The molecular weight excluding hydrogens is 452 g/mol. The van der Waals surface area contributed by atoms with Gasteiger partial charge in [-0.25, -0.2) is 14.4 Å². The highest BCUT2D eigenvalue weighted by Crippen LogP contribution is 2.22. The molecule has 0 bridgehead atoms. The molecule has 8 nitrogen and oxygen atoms in total. The Hall–Kier alpha value is -3.59.